The highest BCUT2D eigenvalue weighted by Crippen LogP contribution is 2.28. The van der Waals surface area contributed by atoms with Gasteiger partial charge in [-0.3, -0.25) is 9.69 Å². The van der Waals surface area contributed by atoms with Gasteiger partial charge in [0, 0.05) is 32.7 Å². The molecule has 0 saturated carbocycles. The molecule has 1 saturated heterocycles. The number of carbonyl (C=O) groups excluding carboxylic acids is 1. The molecule has 0 N–H and O–H groups in total. The molecule has 0 spiro atoms. The Morgan fingerprint density at radius 3 is 2.66 bits per heavy atom. The first-order valence-electron chi connectivity index (χ1n) is 9.75. The van der Waals surface area contributed by atoms with Crippen molar-refractivity contribution in [3.63, 3.8) is 0 Å². The average molecular weight is 404 g/mol. The SMILES string of the molecule is O=C(c1ncoc1-c1cccs1)N1CCN(Cc2cccc3ccccc23)CC1. The van der Waals surface area contributed by atoms with Crippen molar-refractivity contribution in [1.29, 1.82) is 0 Å². The number of aromatic nitrogens is 1. The maximum Gasteiger partial charge on any atom is 0.276 e. The number of oxazole rings is 1. The molecule has 4 aromatic rings. The highest BCUT2D eigenvalue weighted by atomic mass is 32.1. The lowest BCUT2D eigenvalue weighted by atomic mass is 10.0. The van der Waals surface area contributed by atoms with Gasteiger partial charge in [0.15, 0.2) is 17.8 Å². The molecule has 0 unspecified atom stereocenters. The van der Waals surface area contributed by atoms with E-state index in [2.05, 4.69) is 52.3 Å². The topological polar surface area (TPSA) is 49.6 Å². The fourth-order valence-electron chi connectivity index (χ4n) is 3.91. The zero-order chi connectivity index (χ0) is 19.6. The van der Waals surface area contributed by atoms with Crippen LogP contribution < -0.4 is 0 Å². The van der Waals surface area contributed by atoms with Gasteiger partial charge in [-0.2, -0.15) is 0 Å². The van der Waals surface area contributed by atoms with Crippen LogP contribution in [0.1, 0.15) is 16.1 Å². The molecule has 2 aromatic carbocycles. The quantitative estimate of drug-likeness (QED) is 0.503. The van der Waals surface area contributed by atoms with Crippen LogP contribution in [0.3, 0.4) is 0 Å². The van der Waals surface area contributed by atoms with Crippen LogP contribution in [0.25, 0.3) is 21.4 Å². The van der Waals surface area contributed by atoms with E-state index in [1.807, 2.05) is 22.4 Å². The van der Waals surface area contributed by atoms with Gasteiger partial charge in [-0.05, 0) is 27.8 Å². The van der Waals surface area contributed by atoms with E-state index < -0.39 is 0 Å². The van der Waals surface area contributed by atoms with Crippen molar-refractivity contribution < 1.29 is 9.21 Å². The summed E-state index contributed by atoms with van der Waals surface area (Å²) in [5, 5.41) is 4.54. The fourth-order valence-corrected chi connectivity index (χ4v) is 4.62. The van der Waals surface area contributed by atoms with Gasteiger partial charge in [-0.1, -0.05) is 48.5 Å². The number of thiophene rings is 1. The average Bonchev–Trinajstić information content (AvgIpc) is 3.46. The minimum atomic E-state index is -0.0491. The molecule has 5 rings (SSSR count). The van der Waals surface area contributed by atoms with E-state index in [4.69, 9.17) is 4.42 Å². The predicted molar refractivity (Wildman–Crippen MR) is 115 cm³/mol. The van der Waals surface area contributed by atoms with E-state index in [0.29, 0.717) is 24.5 Å². The maximum absolute atomic E-state index is 13.0. The standard InChI is InChI=1S/C23H21N3O2S/c27-23(21-22(28-16-24-21)20-9-4-14-29-20)26-12-10-25(11-13-26)15-18-7-3-6-17-5-1-2-8-19(17)18/h1-9,14,16H,10-13,15H2. The molecule has 6 heteroatoms. The lowest BCUT2D eigenvalue weighted by Crippen LogP contribution is -2.48. The summed E-state index contributed by atoms with van der Waals surface area (Å²) in [6, 6.07) is 18.9. The molecule has 3 heterocycles. The highest BCUT2D eigenvalue weighted by molar-refractivity contribution is 7.13. The normalized spacial score (nSPS) is 15.1. The third-order valence-electron chi connectivity index (χ3n) is 5.45. The van der Waals surface area contributed by atoms with Crippen LogP contribution in [0, 0.1) is 0 Å². The second kappa shape index (κ2) is 7.81. The van der Waals surface area contributed by atoms with Gasteiger partial charge in [0.25, 0.3) is 5.91 Å². The minimum absolute atomic E-state index is 0.0491. The number of hydrogen-bond acceptors (Lipinski definition) is 5. The number of benzene rings is 2. The molecule has 1 aliphatic heterocycles. The Hall–Kier alpha value is -2.96. The van der Waals surface area contributed by atoms with Gasteiger partial charge in [0.05, 0.1) is 4.88 Å². The van der Waals surface area contributed by atoms with Crippen molar-refractivity contribution in [3.8, 4) is 10.6 Å². The summed E-state index contributed by atoms with van der Waals surface area (Å²) in [6.07, 6.45) is 1.36. The molecule has 1 fully saturated rings. The number of nitrogens with zero attached hydrogens (tertiary/aromatic N) is 3. The molecule has 29 heavy (non-hydrogen) atoms. The number of rotatable bonds is 4. The molecular weight excluding hydrogens is 382 g/mol. The van der Waals surface area contributed by atoms with Crippen molar-refractivity contribution in [3.05, 3.63) is 77.6 Å². The van der Waals surface area contributed by atoms with E-state index in [-0.39, 0.29) is 5.91 Å². The Balaban J connectivity index is 1.26. The van der Waals surface area contributed by atoms with Crippen molar-refractivity contribution in [2.24, 2.45) is 0 Å². The monoisotopic (exact) mass is 403 g/mol. The van der Waals surface area contributed by atoms with Crippen LogP contribution in [0.5, 0.6) is 0 Å². The van der Waals surface area contributed by atoms with E-state index >= 15 is 0 Å². The second-order valence-electron chi connectivity index (χ2n) is 7.21. The first-order chi connectivity index (χ1) is 14.3. The van der Waals surface area contributed by atoms with Gasteiger partial charge in [-0.25, -0.2) is 4.98 Å². The molecule has 146 valence electrons. The van der Waals surface area contributed by atoms with E-state index in [9.17, 15) is 4.79 Å². The molecule has 0 bridgehead atoms. The van der Waals surface area contributed by atoms with Crippen LogP contribution in [0.2, 0.25) is 0 Å². The zero-order valence-electron chi connectivity index (χ0n) is 16.0. The molecular formula is C23H21N3O2S. The van der Waals surface area contributed by atoms with E-state index in [1.54, 1.807) is 11.3 Å². The Labute approximate surface area is 173 Å². The first-order valence-corrected chi connectivity index (χ1v) is 10.6. The minimum Gasteiger partial charge on any atom is -0.442 e. The summed E-state index contributed by atoms with van der Waals surface area (Å²) in [7, 11) is 0. The summed E-state index contributed by atoms with van der Waals surface area (Å²) in [4.78, 5) is 22.4. The lowest BCUT2D eigenvalue weighted by molar-refractivity contribution is 0.0624. The van der Waals surface area contributed by atoms with Gasteiger partial charge < -0.3 is 9.32 Å². The summed E-state index contributed by atoms with van der Waals surface area (Å²) < 4.78 is 5.50. The Morgan fingerprint density at radius 2 is 1.83 bits per heavy atom. The molecule has 0 radical (unpaired) electrons. The van der Waals surface area contributed by atoms with Gasteiger partial charge in [0.1, 0.15) is 0 Å². The summed E-state index contributed by atoms with van der Waals surface area (Å²) in [6.45, 7) is 3.98. The van der Waals surface area contributed by atoms with Crippen molar-refractivity contribution in [1.82, 2.24) is 14.8 Å². The number of hydrogen-bond donors (Lipinski definition) is 0. The smallest absolute Gasteiger partial charge is 0.276 e. The Kier molecular flexibility index (Phi) is 4.87. The fraction of sp³-hybridized carbons (Fsp3) is 0.217. The van der Waals surface area contributed by atoms with Crippen LogP contribution >= 0.6 is 11.3 Å². The first kappa shape index (κ1) is 18.1. The number of fused-ring (bicyclic) bond motifs is 1. The van der Waals surface area contributed by atoms with Gasteiger partial charge in [0.2, 0.25) is 0 Å². The van der Waals surface area contributed by atoms with Crippen LogP contribution in [-0.2, 0) is 6.54 Å². The molecule has 2 aromatic heterocycles. The van der Waals surface area contributed by atoms with Gasteiger partial charge >= 0.3 is 0 Å². The highest BCUT2D eigenvalue weighted by Gasteiger charge is 2.27. The summed E-state index contributed by atoms with van der Waals surface area (Å²) >= 11 is 1.55. The van der Waals surface area contributed by atoms with Crippen molar-refractivity contribution >= 4 is 28.0 Å². The molecule has 0 atom stereocenters. The van der Waals surface area contributed by atoms with Crippen LogP contribution in [0.15, 0.2) is 70.8 Å². The third kappa shape index (κ3) is 3.57. The number of piperazine rings is 1. The van der Waals surface area contributed by atoms with E-state index in [0.717, 1.165) is 24.5 Å². The van der Waals surface area contributed by atoms with Crippen LogP contribution in [-0.4, -0.2) is 46.9 Å². The van der Waals surface area contributed by atoms with E-state index in [1.165, 1.54) is 22.7 Å². The maximum atomic E-state index is 13.0. The molecule has 1 amide bonds. The zero-order valence-corrected chi connectivity index (χ0v) is 16.8. The Bertz CT molecular complexity index is 1120. The number of carbonyl (C=O) groups is 1. The summed E-state index contributed by atoms with van der Waals surface area (Å²) in [5.74, 6) is 0.523. The summed E-state index contributed by atoms with van der Waals surface area (Å²) in [5.41, 5.74) is 1.74. The largest absolute Gasteiger partial charge is 0.442 e. The second-order valence-corrected chi connectivity index (χ2v) is 8.16. The van der Waals surface area contributed by atoms with Crippen LogP contribution in [0.4, 0.5) is 0 Å². The molecule has 1 aliphatic rings. The molecule has 0 aliphatic carbocycles. The Morgan fingerprint density at radius 1 is 1.00 bits per heavy atom. The third-order valence-corrected chi connectivity index (χ3v) is 6.32. The van der Waals surface area contributed by atoms with Gasteiger partial charge in [-0.15, -0.1) is 11.3 Å². The predicted octanol–water partition coefficient (Wildman–Crippen LogP) is 4.51. The number of amides is 1. The van der Waals surface area contributed by atoms with Crippen molar-refractivity contribution in [2.75, 3.05) is 26.2 Å². The molecule has 5 nitrogen and oxygen atoms in total. The van der Waals surface area contributed by atoms with Crippen molar-refractivity contribution in [2.45, 2.75) is 6.54 Å². The lowest BCUT2D eigenvalue weighted by Gasteiger charge is -2.34.